The van der Waals surface area contributed by atoms with Crippen molar-refractivity contribution in [3.05, 3.63) is 69.6 Å². The standard InChI is InChI=1S/C38H57N5O14/c1-4-5-6-7-8-9-10-11-12-13-14-15-16-17-25(45)54-23-21-41(2)27(34(50)42(3)26(23)36(51)52)32(57-37-31(49)28(46)22(20-39)55-37)33-29(47)30(48)35(56-33)43-19-18-24(44)40-38(43)53/h8-9,11-12,16-19,22-23,26-33,35,37,46-49H,4-7,10,13-15,20-21,39H2,1-3H3,(H,51,52)(H,40,44,53)/b9-8-,12-11-,17-16-/t22-,23?,26?,27?,28-,29+,30-,31-,32?,33+,35-,37+/m1/s1. The molecule has 0 saturated carbocycles. The number of carbonyl (C=O) groups excluding carboxylic acids is 2. The van der Waals surface area contributed by atoms with Gasteiger partial charge in [0.05, 0.1) is 0 Å². The number of hydrogen-bond donors (Lipinski definition) is 7. The number of aliphatic hydroxyl groups is 4. The maximum absolute atomic E-state index is 14.3. The average Bonchev–Trinajstić information content (AvgIpc) is 3.58. The fourth-order valence-electron chi connectivity index (χ4n) is 7.16. The zero-order valence-corrected chi connectivity index (χ0v) is 32.4. The van der Waals surface area contributed by atoms with E-state index < -0.39 is 103 Å². The second-order valence-electron chi connectivity index (χ2n) is 14.4. The van der Waals surface area contributed by atoms with E-state index in [4.69, 9.17) is 24.7 Å². The number of nitrogens with two attached hydrogens (primary N) is 1. The van der Waals surface area contributed by atoms with Crippen molar-refractivity contribution in [3.8, 4) is 0 Å². The van der Waals surface area contributed by atoms with Crippen LogP contribution in [-0.2, 0) is 33.3 Å². The summed E-state index contributed by atoms with van der Waals surface area (Å²) in [5.41, 5.74) is 3.95. The van der Waals surface area contributed by atoms with Gasteiger partial charge in [-0.3, -0.25) is 24.0 Å². The lowest BCUT2D eigenvalue weighted by atomic mass is 9.97. The number of esters is 1. The second-order valence-corrected chi connectivity index (χ2v) is 14.4. The van der Waals surface area contributed by atoms with E-state index in [0.717, 1.165) is 47.4 Å². The molecule has 57 heavy (non-hydrogen) atoms. The number of rotatable bonds is 19. The van der Waals surface area contributed by atoms with Gasteiger partial charge in [0, 0.05) is 38.5 Å². The minimum Gasteiger partial charge on any atom is -0.480 e. The Kier molecular flexibility index (Phi) is 17.3. The molecule has 1 aromatic rings. The first-order chi connectivity index (χ1) is 27.2. The third kappa shape index (κ3) is 11.5. The number of amides is 1. The summed E-state index contributed by atoms with van der Waals surface area (Å²) in [6.45, 7) is 1.57. The van der Waals surface area contributed by atoms with Crippen LogP contribution in [0.1, 0.15) is 64.5 Å². The lowest BCUT2D eigenvalue weighted by molar-refractivity contribution is -0.233. The molecule has 12 atom stereocenters. The van der Waals surface area contributed by atoms with Gasteiger partial charge in [0.2, 0.25) is 5.91 Å². The third-order valence-corrected chi connectivity index (χ3v) is 10.3. The summed E-state index contributed by atoms with van der Waals surface area (Å²) in [7, 11) is 2.57. The van der Waals surface area contributed by atoms with Gasteiger partial charge >= 0.3 is 17.6 Å². The molecule has 19 nitrogen and oxygen atoms in total. The minimum absolute atomic E-state index is 0.234. The number of nitrogens with zero attached hydrogens (tertiary/aromatic N) is 3. The summed E-state index contributed by atoms with van der Waals surface area (Å²) in [5.74, 6) is -3.25. The van der Waals surface area contributed by atoms with Crippen LogP contribution in [0.5, 0.6) is 0 Å². The fourth-order valence-corrected chi connectivity index (χ4v) is 7.16. The summed E-state index contributed by atoms with van der Waals surface area (Å²) < 4.78 is 24.1. The van der Waals surface area contributed by atoms with Crippen molar-refractivity contribution in [1.82, 2.24) is 19.4 Å². The highest BCUT2D eigenvalue weighted by Crippen LogP contribution is 2.36. The second kappa shape index (κ2) is 21.6. The number of carboxylic acid groups (broad SMARTS) is 1. The number of H-pyrrole nitrogens is 1. The van der Waals surface area contributed by atoms with Crippen LogP contribution in [0.15, 0.2) is 58.3 Å². The Morgan fingerprint density at radius 1 is 0.947 bits per heavy atom. The number of aliphatic carboxylic acids is 1. The van der Waals surface area contributed by atoms with Gasteiger partial charge in [-0.15, -0.1) is 0 Å². The highest BCUT2D eigenvalue weighted by atomic mass is 16.7. The van der Waals surface area contributed by atoms with E-state index in [1.807, 2.05) is 4.98 Å². The normalized spacial score (nSPS) is 31.8. The van der Waals surface area contributed by atoms with E-state index in [-0.39, 0.29) is 13.1 Å². The van der Waals surface area contributed by atoms with Crippen molar-refractivity contribution in [2.24, 2.45) is 5.73 Å². The molecule has 4 heterocycles. The molecule has 3 saturated heterocycles. The van der Waals surface area contributed by atoms with Gasteiger partial charge < -0.3 is 55.1 Å². The average molecular weight is 808 g/mol. The first kappa shape index (κ1) is 45.6. The van der Waals surface area contributed by atoms with Crippen molar-refractivity contribution in [1.29, 1.82) is 0 Å². The van der Waals surface area contributed by atoms with Crippen molar-refractivity contribution in [2.45, 2.75) is 132 Å². The molecule has 1 aromatic heterocycles. The Labute approximate surface area is 329 Å². The predicted octanol–water partition coefficient (Wildman–Crippen LogP) is -1.11. The highest BCUT2D eigenvalue weighted by molar-refractivity contribution is 5.89. The number of ether oxygens (including phenoxy) is 4. The summed E-state index contributed by atoms with van der Waals surface area (Å²) >= 11 is 0. The molecule has 1 amide bonds. The Morgan fingerprint density at radius 2 is 1.63 bits per heavy atom. The molecule has 19 heteroatoms. The van der Waals surface area contributed by atoms with E-state index in [2.05, 4.69) is 31.2 Å². The molecule has 8 N–H and O–H groups in total. The minimum atomic E-state index is -1.89. The Hall–Kier alpha value is -4.05. The van der Waals surface area contributed by atoms with Crippen LogP contribution in [0.25, 0.3) is 0 Å². The van der Waals surface area contributed by atoms with E-state index in [1.165, 1.54) is 44.3 Å². The predicted molar refractivity (Wildman–Crippen MR) is 202 cm³/mol. The van der Waals surface area contributed by atoms with E-state index in [9.17, 15) is 49.5 Å². The van der Waals surface area contributed by atoms with Crippen LogP contribution in [0, 0.1) is 0 Å². The fraction of sp³-hybridized carbons (Fsp3) is 0.658. The first-order valence-electron chi connectivity index (χ1n) is 19.3. The number of carboxylic acids is 1. The molecular formula is C38H57N5O14. The zero-order chi connectivity index (χ0) is 41.8. The number of hydrogen-bond acceptors (Lipinski definition) is 15. The van der Waals surface area contributed by atoms with Crippen LogP contribution < -0.4 is 17.0 Å². The molecule has 4 unspecified atom stereocenters. The molecule has 0 bridgehead atoms. The van der Waals surface area contributed by atoms with Gasteiger partial charge in [-0.25, -0.2) is 14.4 Å². The van der Waals surface area contributed by atoms with Gasteiger partial charge in [-0.1, -0.05) is 50.1 Å². The smallest absolute Gasteiger partial charge is 0.330 e. The summed E-state index contributed by atoms with van der Waals surface area (Å²) in [5, 5.41) is 54.0. The van der Waals surface area contributed by atoms with Crippen LogP contribution in [-0.4, -0.2) is 157 Å². The Bertz CT molecular complexity index is 1700. The van der Waals surface area contributed by atoms with Gasteiger partial charge in [-0.05, 0) is 45.6 Å². The van der Waals surface area contributed by atoms with Crippen LogP contribution in [0.4, 0.5) is 0 Å². The van der Waals surface area contributed by atoms with Crippen molar-refractivity contribution in [2.75, 3.05) is 27.2 Å². The largest absolute Gasteiger partial charge is 0.480 e. The Balaban J connectivity index is 1.52. The molecule has 0 radical (unpaired) electrons. The summed E-state index contributed by atoms with van der Waals surface area (Å²) in [6, 6.07) is -2.29. The number of aromatic nitrogens is 2. The van der Waals surface area contributed by atoms with Gasteiger partial charge in [-0.2, -0.15) is 0 Å². The van der Waals surface area contributed by atoms with Gasteiger partial charge in [0.25, 0.3) is 5.56 Å². The summed E-state index contributed by atoms with van der Waals surface area (Å²) in [6.07, 6.45) is 3.78. The number of carbonyl (C=O) groups is 3. The lowest BCUT2D eigenvalue weighted by Gasteiger charge is -2.38. The maximum atomic E-state index is 14.3. The number of aliphatic hydroxyl groups excluding tert-OH is 4. The van der Waals surface area contributed by atoms with Crippen LogP contribution >= 0.6 is 0 Å². The number of unbranched alkanes of at least 4 members (excludes halogenated alkanes) is 5. The number of likely N-dealkylation sites (N-methyl/N-ethyl adjacent to an activating group) is 2. The van der Waals surface area contributed by atoms with Crippen LogP contribution in [0.3, 0.4) is 0 Å². The number of aromatic amines is 1. The highest BCUT2D eigenvalue weighted by Gasteiger charge is 2.57. The van der Waals surface area contributed by atoms with E-state index >= 15 is 0 Å². The van der Waals surface area contributed by atoms with Crippen LogP contribution in [0.2, 0.25) is 0 Å². The van der Waals surface area contributed by atoms with Gasteiger partial charge in [0.15, 0.2) is 18.6 Å². The third-order valence-electron chi connectivity index (χ3n) is 10.3. The van der Waals surface area contributed by atoms with Crippen molar-refractivity contribution < 1.29 is 58.9 Å². The van der Waals surface area contributed by atoms with Crippen molar-refractivity contribution in [3.63, 3.8) is 0 Å². The molecule has 3 aliphatic rings. The number of nitrogens with one attached hydrogen (secondary N) is 1. The van der Waals surface area contributed by atoms with E-state index in [0.29, 0.717) is 6.42 Å². The van der Waals surface area contributed by atoms with E-state index in [1.54, 1.807) is 6.08 Å². The summed E-state index contributed by atoms with van der Waals surface area (Å²) in [4.78, 5) is 68.4. The molecule has 0 aromatic carbocycles. The zero-order valence-electron chi connectivity index (χ0n) is 32.4. The molecule has 0 spiro atoms. The molecule has 4 rings (SSSR count). The molecule has 3 aliphatic heterocycles. The SMILES string of the molecule is CCCCC/C=C\C/C=C\CCC/C=C\C(=O)OC1CN(C)C(C(O[C@@H]2O[C@H](CN)[C@@H](O)[C@H]2O)[C@H]2O[C@@H](n3ccc(=O)[nH]c3=O)[C@H](O)[C@@H]2O)C(=O)N(C)C1C(=O)O. The Morgan fingerprint density at radius 3 is 2.26 bits per heavy atom. The monoisotopic (exact) mass is 807 g/mol. The molecule has 318 valence electrons. The first-order valence-corrected chi connectivity index (χ1v) is 19.3. The topological polar surface area (TPSA) is 277 Å². The maximum Gasteiger partial charge on any atom is 0.330 e. The molecule has 0 aliphatic carbocycles. The number of allylic oxidation sites excluding steroid dienone is 5. The molecule has 3 fully saturated rings. The van der Waals surface area contributed by atoms with Crippen molar-refractivity contribution >= 4 is 17.8 Å². The lowest BCUT2D eigenvalue weighted by Crippen LogP contribution is -2.59. The molecular weight excluding hydrogens is 750 g/mol. The van der Waals surface area contributed by atoms with Gasteiger partial charge in [0.1, 0.15) is 54.9 Å². The quantitative estimate of drug-likeness (QED) is 0.0378.